The number of anilines is 2. The number of amides is 1. The molecule has 182 valence electrons. The van der Waals surface area contributed by atoms with E-state index in [1.54, 1.807) is 30.5 Å². The first-order chi connectivity index (χ1) is 16.7. The van der Waals surface area contributed by atoms with Gasteiger partial charge in [-0.15, -0.1) is 0 Å². The Bertz CT molecular complexity index is 1280. The zero-order valence-electron chi connectivity index (χ0n) is 18.7. The number of fused-ring (bicyclic) bond motifs is 1. The lowest BCUT2D eigenvalue weighted by atomic mass is 9.89. The van der Waals surface area contributed by atoms with Gasteiger partial charge in [0, 0.05) is 24.6 Å². The fourth-order valence-corrected chi connectivity index (χ4v) is 3.84. The molecule has 3 rings (SSSR count). The smallest absolute Gasteiger partial charge is 0.326 e. The molecule has 2 aromatic heterocycles. The Balaban J connectivity index is 1.70. The highest BCUT2D eigenvalue weighted by atomic mass is 16.4. The molecule has 2 atom stereocenters. The van der Waals surface area contributed by atoms with Gasteiger partial charge in [-0.2, -0.15) is 15.2 Å². The van der Waals surface area contributed by atoms with Crippen molar-refractivity contribution in [2.45, 2.75) is 44.1 Å². The molecule has 0 saturated carbocycles. The summed E-state index contributed by atoms with van der Waals surface area (Å²) in [5.74, 6) is -2.85. The maximum absolute atomic E-state index is 12.5. The van der Waals surface area contributed by atoms with Crippen LogP contribution in [0.5, 0.6) is 0 Å². The molecule has 3 aromatic rings. The van der Waals surface area contributed by atoms with E-state index in [0.717, 1.165) is 11.1 Å². The Morgan fingerprint density at radius 3 is 2.46 bits per heavy atom. The normalized spacial score (nSPS) is 12.5. The van der Waals surface area contributed by atoms with Gasteiger partial charge in [0.05, 0.1) is 11.5 Å². The van der Waals surface area contributed by atoms with Crippen LogP contribution in [0, 0.1) is 11.3 Å². The number of nitrogen functional groups attached to an aromatic ring is 2. The lowest BCUT2D eigenvalue weighted by Crippen LogP contribution is -2.41. The van der Waals surface area contributed by atoms with E-state index in [1.165, 1.54) is 0 Å². The number of carbonyl (C=O) groups is 3. The Morgan fingerprint density at radius 1 is 1.11 bits per heavy atom. The van der Waals surface area contributed by atoms with E-state index in [1.807, 2.05) is 0 Å². The van der Waals surface area contributed by atoms with Gasteiger partial charge in [-0.05, 0) is 48.4 Å². The minimum Gasteiger partial charge on any atom is -0.481 e. The molecule has 2 heterocycles. The molecule has 0 saturated heterocycles. The second kappa shape index (κ2) is 11.0. The maximum atomic E-state index is 12.5. The van der Waals surface area contributed by atoms with Crippen LogP contribution in [0.25, 0.3) is 11.0 Å². The minimum absolute atomic E-state index is 0.0754. The molecule has 0 bridgehead atoms. The van der Waals surface area contributed by atoms with E-state index in [9.17, 15) is 24.8 Å². The number of carboxylic acids is 2. The number of aromatic nitrogens is 3. The van der Waals surface area contributed by atoms with Crippen molar-refractivity contribution in [1.82, 2.24) is 20.3 Å². The monoisotopic (exact) mass is 479 g/mol. The number of hydrogen-bond donors (Lipinski definition) is 6. The van der Waals surface area contributed by atoms with Crippen LogP contribution in [0.15, 0.2) is 30.5 Å². The van der Waals surface area contributed by atoms with Gasteiger partial charge in [-0.1, -0.05) is 12.1 Å². The third-order valence-electron chi connectivity index (χ3n) is 5.65. The molecule has 0 radical (unpaired) electrons. The van der Waals surface area contributed by atoms with Gasteiger partial charge in [0.2, 0.25) is 5.95 Å². The molecule has 0 aliphatic rings. The largest absolute Gasteiger partial charge is 0.481 e. The number of aromatic amines is 1. The van der Waals surface area contributed by atoms with Crippen molar-refractivity contribution in [2.24, 2.45) is 0 Å². The van der Waals surface area contributed by atoms with E-state index in [0.29, 0.717) is 23.9 Å². The Kier molecular flexibility index (Phi) is 7.83. The van der Waals surface area contributed by atoms with Gasteiger partial charge in [0.1, 0.15) is 17.5 Å². The van der Waals surface area contributed by atoms with Gasteiger partial charge in [0.15, 0.2) is 0 Å². The molecule has 12 nitrogen and oxygen atoms in total. The van der Waals surface area contributed by atoms with Crippen molar-refractivity contribution in [3.8, 4) is 6.07 Å². The van der Waals surface area contributed by atoms with Crippen LogP contribution >= 0.6 is 0 Å². The van der Waals surface area contributed by atoms with Crippen LogP contribution in [0.2, 0.25) is 0 Å². The molecule has 35 heavy (non-hydrogen) atoms. The van der Waals surface area contributed by atoms with E-state index in [-0.39, 0.29) is 42.5 Å². The zero-order valence-corrected chi connectivity index (χ0v) is 18.7. The second-order valence-corrected chi connectivity index (χ2v) is 8.02. The van der Waals surface area contributed by atoms with Crippen molar-refractivity contribution in [2.75, 3.05) is 11.5 Å². The van der Waals surface area contributed by atoms with Crippen molar-refractivity contribution >= 4 is 40.6 Å². The van der Waals surface area contributed by atoms with Crippen molar-refractivity contribution in [3.05, 3.63) is 47.2 Å². The lowest BCUT2D eigenvalue weighted by Gasteiger charge is -2.16. The number of nitrogens with two attached hydrogens (primary N) is 2. The number of nitriles is 1. The van der Waals surface area contributed by atoms with E-state index >= 15 is 0 Å². The minimum atomic E-state index is -1.31. The molecule has 8 N–H and O–H groups in total. The quantitative estimate of drug-likeness (QED) is 0.234. The van der Waals surface area contributed by atoms with Crippen molar-refractivity contribution in [3.63, 3.8) is 0 Å². The zero-order chi connectivity index (χ0) is 25.5. The number of aliphatic carboxylic acids is 2. The Hall–Kier alpha value is -4.66. The number of carbonyl (C=O) groups excluding carboxylic acids is 1. The standard InChI is InChI=1S/C23H25N7O5/c24-10-9-13(3-6-15-11-27-20-18(15)19(25)29-23(26)30-20)12-1-4-14(5-2-12)21(33)28-16(22(34)35)7-8-17(31)32/h1-2,4-5,11,13,16H,3,6-9H2,(H,28,33)(H,31,32)(H,34,35)(H5,25,26,27,29,30)/t13?,16-/m0/s1. The summed E-state index contributed by atoms with van der Waals surface area (Å²) in [6.07, 6.45) is 2.64. The first-order valence-corrected chi connectivity index (χ1v) is 10.8. The number of H-pyrrole nitrogens is 1. The van der Waals surface area contributed by atoms with Crippen LogP contribution in [-0.4, -0.2) is 49.1 Å². The highest BCUT2D eigenvalue weighted by molar-refractivity contribution is 5.96. The van der Waals surface area contributed by atoms with Crippen LogP contribution in [0.3, 0.4) is 0 Å². The molecule has 0 spiro atoms. The number of nitrogens with zero attached hydrogens (tertiary/aromatic N) is 3. The van der Waals surface area contributed by atoms with Crippen LogP contribution in [0.4, 0.5) is 11.8 Å². The van der Waals surface area contributed by atoms with Crippen LogP contribution in [-0.2, 0) is 16.0 Å². The SMILES string of the molecule is N#CCC(CCc1c[nH]c2nc(N)nc(N)c12)c1ccc(C(=O)N[C@@H](CCC(=O)O)C(=O)O)cc1. The lowest BCUT2D eigenvalue weighted by molar-refractivity contribution is -0.140. The molecule has 0 aliphatic heterocycles. The molecular formula is C23H25N7O5. The van der Waals surface area contributed by atoms with Gasteiger partial charge in [0.25, 0.3) is 5.91 Å². The van der Waals surface area contributed by atoms with Gasteiger partial charge in [-0.3, -0.25) is 9.59 Å². The third kappa shape index (κ3) is 6.23. The topological polar surface area (TPSA) is 221 Å². The molecule has 0 aliphatic carbocycles. The summed E-state index contributed by atoms with van der Waals surface area (Å²) < 4.78 is 0. The van der Waals surface area contributed by atoms with Gasteiger partial charge >= 0.3 is 11.9 Å². The summed E-state index contributed by atoms with van der Waals surface area (Å²) in [5.41, 5.74) is 14.2. The highest BCUT2D eigenvalue weighted by Crippen LogP contribution is 2.29. The van der Waals surface area contributed by atoms with E-state index in [4.69, 9.17) is 16.6 Å². The number of hydrogen-bond acceptors (Lipinski definition) is 8. The average molecular weight is 479 g/mol. The van der Waals surface area contributed by atoms with E-state index in [2.05, 4.69) is 26.3 Å². The average Bonchev–Trinajstić information content (AvgIpc) is 3.22. The summed E-state index contributed by atoms with van der Waals surface area (Å²) in [6, 6.07) is 7.41. The number of benzene rings is 1. The second-order valence-electron chi connectivity index (χ2n) is 8.02. The fraction of sp³-hybridized carbons (Fsp3) is 0.304. The first kappa shape index (κ1) is 25.0. The Morgan fingerprint density at radius 2 is 1.83 bits per heavy atom. The highest BCUT2D eigenvalue weighted by Gasteiger charge is 2.22. The summed E-state index contributed by atoms with van der Waals surface area (Å²) in [5, 5.41) is 30.3. The summed E-state index contributed by atoms with van der Waals surface area (Å²) in [6.45, 7) is 0. The molecule has 1 unspecified atom stereocenters. The molecule has 12 heteroatoms. The predicted octanol–water partition coefficient (Wildman–Crippen LogP) is 1.80. The van der Waals surface area contributed by atoms with Crippen LogP contribution in [0.1, 0.15) is 53.1 Å². The summed E-state index contributed by atoms with van der Waals surface area (Å²) in [7, 11) is 0. The van der Waals surface area contributed by atoms with E-state index < -0.39 is 23.9 Å². The van der Waals surface area contributed by atoms with Gasteiger partial charge < -0.3 is 32.0 Å². The number of rotatable bonds is 11. The predicted molar refractivity (Wildman–Crippen MR) is 126 cm³/mol. The number of carboxylic acid groups (broad SMARTS) is 2. The van der Waals surface area contributed by atoms with Crippen molar-refractivity contribution in [1.29, 1.82) is 5.26 Å². The van der Waals surface area contributed by atoms with Crippen LogP contribution < -0.4 is 16.8 Å². The third-order valence-corrected chi connectivity index (χ3v) is 5.65. The van der Waals surface area contributed by atoms with Gasteiger partial charge in [-0.25, -0.2) is 4.79 Å². The summed E-state index contributed by atoms with van der Waals surface area (Å²) in [4.78, 5) is 45.7. The Labute approximate surface area is 200 Å². The molecule has 0 fully saturated rings. The fourth-order valence-electron chi connectivity index (χ4n) is 3.84. The molecule has 1 amide bonds. The van der Waals surface area contributed by atoms with Crippen molar-refractivity contribution < 1.29 is 24.6 Å². The summed E-state index contributed by atoms with van der Waals surface area (Å²) >= 11 is 0. The molecular weight excluding hydrogens is 454 g/mol. The number of aryl methyl sites for hydroxylation is 1. The molecule has 1 aromatic carbocycles. The number of nitrogens with one attached hydrogen (secondary N) is 2. The first-order valence-electron chi connectivity index (χ1n) is 10.8. The maximum Gasteiger partial charge on any atom is 0.326 e.